The Morgan fingerprint density at radius 3 is 2.84 bits per heavy atom. The van der Waals surface area contributed by atoms with Gasteiger partial charge in [-0.3, -0.25) is 10.1 Å². The SMILES string of the molecule is CC(C)CCNc1ncnc2ccc([N+](=O)[O-])cc12. The molecule has 0 saturated carbocycles. The molecule has 0 aliphatic rings. The first-order valence-corrected chi connectivity index (χ1v) is 6.21. The number of nitrogens with one attached hydrogen (secondary N) is 1. The first-order chi connectivity index (χ1) is 9.08. The molecule has 0 atom stereocenters. The molecule has 1 heterocycles. The van der Waals surface area contributed by atoms with Crippen LogP contribution in [0, 0.1) is 16.0 Å². The number of non-ortho nitro benzene ring substituents is 1. The third-order valence-electron chi connectivity index (χ3n) is 2.84. The van der Waals surface area contributed by atoms with Crippen LogP contribution in [-0.2, 0) is 0 Å². The number of hydrogen-bond donors (Lipinski definition) is 1. The van der Waals surface area contributed by atoms with Gasteiger partial charge in [-0.05, 0) is 18.4 Å². The maximum Gasteiger partial charge on any atom is 0.270 e. The molecule has 0 amide bonds. The van der Waals surface area contributed by atoms with Gasteiger partial charge in [-0.15, -0.1) is 0 Å². The minimum absolute atomic E-state index is 0.0502. The predicted octanol–water partition coefficient (Wildman–Crippen LogP) is 3.00. The van der Waals surface area contributed by atoms with Crippen LogP contribution in [0.1, 0.15) is 20.3 Å². The van der Waals surface area contributed by atoms with Crippen molar-refractivity contribution in [3.05, 3.63) is 34.6 Å². The number of rotatable bonds is 5. The van der Waals surface area contributed by atoms with Gasteiger partial charge in [0.05, 0.1) is 10.4 Å². The predicted molar refractivity (Wildman–Crippen MR) is 74.1 cm³/mol. The molecule has 2 rings (SSSR count). The van der Waals surface area contributed by atoms with Crippen molar-refractivity contribution >= 4 is 22.4 Å². The van der Waals surface area contributed by atoms with Gasteiger partial charge in [-0.2, -0.15) is 0 Å². The highest BCUT2D eigenvalue weighted by Crippen LogP contribution is 2.24. The van der Waals surface area contributed by atoms with Crippen molar-refractivity contribution < 1.29 is 4.92 Å². The molecule has 1 aromatic carbocycles. The van der Waals surface area contributed by atoms with E-state index in [1.165, 1.54) is 18.5 Å². The average molecular weight is 260 g/mol. The van der Waals surface area contributed by atoms with Gasteiger partial charge in [-0.1, -0.05) is 13.8 Å². The third kappa shape index (κ3) is 3.15. The zero-order chi connectivity index (χ0) is 13.8. The molecule has 0 bridgehead atoms. The number of nitrogens with zero attached hydrogens (tertiary/aromatic N) is 3. The van der Waals surface area contributed by atoms with Crippen LogP contribution < -0.4 is 5.32 Å². The lowest BCUT2D eigenvalue weighted by Crippen LogP contribution is -2.07. The second-order valence-electron chi connectivity index (χ2n) is 4.79. The topological polar surface area (TPSA) is 81.0 Å². The van der Waals surface area contributed by atoms with E-state index in [0.29, 0.717) is 22.6 Å². The first-order valence-electron chi connectivity index (χ1n) is 6.21. The van der Waals surface area contributed by atoms with Gasteiger partial charge in [0.25, 0.3) is 5.69 Å². The molecule has 0 fully saturated rings. The highest BCUT2D eigenvalue weighted by molar-refractivity contribution is 5.90. The van der Waals surface area contributed by atoms with Crippen LogP contribution >= 0.6 is 0 Å². The molecule has 100 valence electrons. The normalized spacial score (nSPS) is 10.9. The van der Waals surface area contributed by atoms with E-state index in [1.807, 2.05) is 0 Å². The summed E-state index contributed by atoms with van der Waals surface area (Å²) in [5.74, 6) is 1.24. The summed E-state index contributed by atoms with van der Waals surface area (Å²) >= 11 is 0. The number of nitro benzene ring substituents is 1. The fourth-order valence-corrected chi connectivity index (χ4v) is 1.78. The Labute approximate surface area is 111 Å². The lowest BCUT2D eigenvalue weighted by molar-refractivity contribution is -0.384. The van der Waals surface area contributed by atoms with E-state index in [1.54, 1.807) is 6.07 Å². The number of anilines is 1. The standard InChI is InChI=1S/C13H16N4O2/c1-9(2)5-6-14-13-11-7-10(17(18)19)3-4-12(11)15-8-16-13/h3-4,7-9H,5-6H2,1-2H3,(H,14,15,16). The van der Waals surface area contributed by atoms with Crippen LogP contribution in [0.15, 0.2) is 24.5 Å². The van der Waals surface area contributed by atoms with E-state index < -0.39 is 4.92 Å². The maximum atomic E-state index is 10.8. The Morgan fingerprint density at radius 2 is 2.16 bits per heavy atom. The monoisotopic (exact) mass is 260 g/mol. The van der Waals surface area contributed by atoms with Crippen molar-refractivity contribution in [2.45, 2.75) is 20.3 Å². The van der Waals surface area contributed by atoms with E-state index >= 15 is 0 Å². The van der Waals surface area contributed by atoms with Crippen LogP contribution in [0.25, 0.3) is 10.9 Å². The van der Waals surface area contributed by atoms with Crippen molar-refractivity contribution in [1.29, 1.82) is 0 Å². The molecule has 1 aromatic heterocycles. The van der Waals surface area contributed by atoms with Gasteiger partial charge in [0.15, 0.2) is 0 Å². The summed E-state index contributed by atoms with van der Waals surface area (Å²) in [6.07, 6.45) is 2.48. The Bertz CT molecular complexity index is 598. The fourth-order valence-electron chi connectivity index (χ4n) is 1.78. The number of fused-ring (bicyclic) bond motifs is 1. The largest absolute Gasteiger partial charge is 0.369 e. The number of nitro groups is 1. The number of hydrogen-bond acceptors (Lipinski definition) is 5. The molecule has 0 aliphatic heterocycles. The maximum absolute atomic E-state index is 10.8. The molecule has 6 nitrogen and oxygen atoms in total. The Morgan fingerprint density at radius 1 is 1.37 bits per heavy atom. The smallest absolute Gasteiger partial charge is 0.270 e. The van der Waals surface area contributed by atoms with Crippen molar-refractivity contribution in [2.75, 3.05) is 11.9 Å². The van der Waals surface area contributed by atoms with E-state index in [2.05, 4.69) is 29.1 Å². The summed E-state index contributed by atoms with van der Waals surface area (Å²) in [5.41, 5.74) is 0.752. The highest BCUT2D eigenvalue weighted by atomic mass is 16.6. The summed E-state index contributed by atoms with van der Waals surface area (Å²) in [6.45, 7) is 5.07. The van der Waals surface area contributed by atoms with E-state index in [-0.39, 0.29) is 5.69 Å². The highest BCUT2D eigenvalue weighted by Gasteiger charge is 2.10. The molecule has 1 N–H and O–H groups in total. The summed E-state index contributed by atoms with van der Waals surface area (Å²) < 4.78 is 0. The summed E-state index contributed by atoms with van der Waals surface area (Å²) in [4.78, 5) is 18.7. The van der Waals surface area contributed by atoms with Crippen LogP contribution in [-0.4, -0.2) is 21.4 Å². The first kappa shape index (κ1) is 13.2. The molecular weight excluding hydrogens is 244 g/mol. The van der Waals surface area contributed by atoms with Gasteiger partial charge in [-0.25, -0.2) is 9.97 Å². The third-order valence-corrected chi connectivity index (χ3v) is 2.84. The molecule has 0 saturated heterocycles. The lowest BCUT2D eigenvalue weighted by Gasteiger charge is -2.09. The minimum atomic E-state index is -0.412. The van der Waals surface area contributed by atoms with Gasteiger partial charge in [0, 0.05) is 24.1 Å². The molecule has 19 heavy (non-hydrogen) atoms. The second kappa shape index (κ2) is 5.60. The minimum Gasteiger partial charge on any atom is -0.369 e. The van der Waals surface area contributed by atoms with Crippen molar-refractivity contribution in [3.63, 3.8) is 0 Å². The molecule has 6 heteroatoms. The second-order valence-corrected chi connectivity index (χ2v) is 4.79. The molecule has 0 radical (unpaired) electrons. The number of aromatic nitrogens is 2. The van der Waals surface area contributed by atoms with Crippen LogP contribution in [0.4, 0.5) is 11.5 Å². The molecule has 0 unspecified atom stereocenters. The lowest BCUT2D eigenvalue weighted by atomic mass is 10.1. The van der Waals surface area contributed by atoms with Crippen LogP contribution in [0.3, 0.4) is 0 Å². The average Bonchev–Trinajstić information content (AvgIpc) is 2.38. The van der Waals surface area contributed by atoms with Crippen molar-refractivity contribution in [1.82, 2.24) is 9.97 Å². The van der Waals surface area contributed by atoms with Crippen LogP contribution in [0.5, 0.6) is 0 Å². The Hall–Kier alpha value is -2.24. The van der Waals surface area contributed by atoms with E-state index in [9.17, 15) is 10.1 Å². The van der Waals surface area contributed by atoms with Crippen molar-refractivity contribution in [3.8, 4) is 0 Å². The van der Waals surface area contributed by atoms with Crippen molar-refractivity contribution in [2.24, 2.45) is 5.92 Å². The number of benzene rings is 1. The van der Waals surface area contributed by atoms with Gasteiger partial charge < -0.3 is 5.32 Å². The fraction of sp³-hybridized carbons (Fsp3) is 0.385. The summed E-state index contributed by atoms with van der Waals surface area (Å²) in [6, 6.07) is 4.60. The quantitative estimate of drug-likeness (QED) is 0.660. The molecule has 2 aromatic rings. The van der Waals surface area contributed by atoms with Gasteiger partial charge in [0.2, 0.25) is 0 Å². The summed E-state index contributed by atoms with van der Waals surface area (Å²) in [7, 11) is 0. The zero-order valence-corrected chi connectivity index (χ0v) is 11.0. The van der Waals surface area contributed by atoms with Gasteiger partial charge >= 0.3 is 0 Å². The van der Waals surface area contributed by atoms with Crippen LogP contribution in [0.2, 0.25) is 0 Å². The molecular formula is C13H16N4O2. The van der Waals surface area contributed by atoms with E-state index in [0.717, 1.165) is 13.0 Å². The zero-order valence-electron chi connectivity index (χ0n) is 11.0. The molecule has 0 spiro atoms. The van der Waals surface area contributed by atoms with Gasteiger partial charge in [0.1, 0.15) is 12.1 Å². The Balaban J connectivity index is 2.31. The van der Waals surface area contributed by atoms with E-state index in [4.69, 9.17) is 0 Å². The summed E-state index contributed by atoms with van der Waals surface area (Å²) in [5, 5.41) is 14.7. The molecule has 0 aliphatic carbocycles. The Kier molecular flexibility index (Phi) is 3.89.